The first-order valence-corrected chi connectivity index (χ1v) is 8.48. The van der Waals surface area contributed by atoms with E-state index in [1.807, 2.05) is 24.3 Å². The molecule has 2 aromatic rings. The fraction of sp³-hybridized carbons (Fsp3) is 0.312. The summed E-state index contributed by atoms with van der Waals surface area (Å²) in [6, 6.07) is 7.60. The first-order valence-electron chi connectivity index (χ1n) is 7.28. The van der Waals surface area contributed by atoms with Crippen LogP contribution in [0.2, 0.25) is 5.02 Å². The number of amides is 1. The Kier molecular flexibility index (Phi) is 3.36. The third-order valence-electron chi connectivity index (χ3n) is 4.24. The number of halogens is 1. The Morgan fingerprint density at radius 3 is 2.95 bits per heavy atom. The van der Waals surface area contributed by atoms with Crippen LogP contribution in [0.3, 0.4) is 0 Å². The van der Waals surface area contributed by atoms with Crippen LogP contribution in [-0.2, 0) is 13.0 Å². The van der Waals surface area contributed by atoms with Crippen LogP contribution in [0.4, 0.5) is 5.00 Å². The topological polar surface area (TPSA) is 44.4 Å². The van der Waals surface area contributed by atoms with Crippen LogP contribution in [-0.4, -0.2) is 24.4 Å². The molecule has 6 heteroatoms. The second-order valence-corrected chi connectivity index (χ2v) is 7.28. The molecule has 0 saturated carbocycles. The zero-order chi connectivity index (χ0) is 15.3. The molecule has 1 aromatic carbocycles. The van der Waals surface area contributed by atoms with Crippen molar-refractivity contribution in [2.75, 3.05) is 18.9 Å². The Bertz CT molecular complexity index is 758. The van der Waals surface area contributed by atoms with Crippen LogP contribution >= 0.6 is 22.9 Å². The van der Waals surface area contributed by atoms with Crippen LogP contribution in [0.1, 0.15) is 32.5 Å². The number of likely N-dealkylation sites (N-methyl/N-ethyl adjacent to an activating group) is 1. The molecule has 0 radical (unpaired) electrons. The molecular formula is C16H16ClN3OS. The third-order valence-corrected chi connectivity index (χ3v) is 5.73. The van der Waals surface area contributed by atoms with Crippen molar-refractivity contribution in [2.45, 2.75) is 19.1 Å². The molecule has 0 saturated heterocycles. The van der Waals surface area contributed by atoms with Gasteiger partial charge in [-0.25, -0.2) is 0 Å². The molecule has 22 heavy (non-hydrogen) atoms. The summed E-state index contributed by atoms with van der Waals surface area (Å²) in [5.74, 6) is 0.000669. The first-order chi connectivity index (χ1) is 10.6. The van der Waals surface area contributed by atoms with Crippen molar-refractivity contribution in [3.63, 3.8) is 0 Å². The van der Waals surface area contributed by atoms with E-state index in [1.54, 1.807) is 11.3 Å². The van der Waals surface area contributed by atoms with Gasteiger partial charge in [-0.05, 0) is 25.1 Å². The summed E-state index contributed by atoms with van der Waals surface area (Å²) in [5.41, 5.74) is 2.93. The Labute approximate surface area is 138 Å². The van der Waals surface area contributed by atoms with Gasteiger partial charge in [0.1, 0.15) is 11.2 Å². The molecule has 0 aliphatic carbocycles. The van der Waals surface area contributed by atoms with Crippen molar-refractivity contribution in [1.29, 1.82) is 0 Å². The second kappa shape index (κ2) is 5.26. The normalized spacial score (nSPS) is 20.8. The number of benzene rings is 1. The molecule has 1 atom stereocenters. The van der Waals surface area contributed by atoms with Gasteiger partial charge in [-0.15, -0.1) is 11.3 Å². The van der Waals surface area contributed by atoms with Gasteiger partial charge >= 0.3 is 0 Å². The third kappa shape index (κ3) is 2.20. The van der Waals surface area contributed by atoms with Gasteiger partial charge in [0.15, 0.2) is 0 Å². The summed E-state index contributed by atoms with van der Waals surface area (Å²) in [7, 11) is 2.11. The number of nitrogens with one attached hydrogen (secondary N) is 2. The van der Waals surface area contributed by atoms with E-state index in [0.29, 0.717) is 5.02 Å². The quantitative estimate of drug-likeness (QED) is 0.842. The van der Waals surface area contributed by atoms with Gasteiger partial charge in [-0.2, -0.15) is 0 Å². The van der Waals surface area contributed by atoms with Crippen LogP contribution in [0.5, 0.6) is 0 Å². The van der Waals surface area contributed by atoms with E-state index in [0.717, 1.165) is 35.6 Å². The summed E-state index contributed by atoms with van der Waals surface area (Å²) in [4.78, 5) is 16.2. The van der Waals surface area contributed by atoms with E-state index < -0.39 is 0 Å². The summed E-state index contributed by atoms with van der Waals surface area (Å²) in [6.07, 6.45) is 0.662. The lowest BCUT2D eigenvalue weighted by Crippen LogP contribution is -2.38. The molecular weight excluding hydrogens is 318 g/mol. The second-order valence-electron chi connectivity index (χ2n) is 5.77. The molecule has 4 nitrogen and oxygen atoms in total. The van der Waals surface area contributed by atoms with Gasteiger partial charge in [0.2, 0.25) is 0 Å². The molecule has 114 valence electrons. The Morgan fingerprint density at radius 2 is 2.14 bits per heavy atom. The van der Waals surface area contributed by atoms with E-state index in [-0.39, 0.29) is 12.1 Å². The van der Waals surface area contributed by atoms with Crippen molar-refractivity contribution in [2.24, 2.45) is 0 Å². The standard InChI is InChI=1S/C16H16ClN3OS/c1-20-7-6-10-12(8-20)22-16-13(10)15(21)18-14(19-16)9-4-2-3-5-11(9)17/h2-5,14,19H,6-8H2,1H3,(H,18,21). The van der Waals surface area contributed by atoms with Crippen LogP contribution in [0.25, 0.3) is 0 Å². The fourth-order valence-electron chi connectivity index (χ4n) is 3.11. The first kappa shape index (κ1) is 14.1. The van der Waals surface area contributed by atoms with Gasteiger partial charge < -0.3 is 15.5 Å². The maximum absolute atomic E-state index is 12.6. The van der Waals surface area contributed by atoms with Crippen molar-refractivity contribution in [3.8, 4) is 0 Å². The molecule has 3 heterocycles. The summed E-state index contributed by atoms with van der Waals surface area (Å²) >= 11 is 7.95. The highest BCUT2D eigenvalue weighted by Gasteiger charge is 2.33. The Morgan fingerprint density at radius 1 is 1.32 bits per heavy atom. The van der Waals surface area contributed by atoms with Gasteiger partial charge in [-0.3, -0.25) is 4.79 Å². The molecule has 2 aliphatic rings. The maximum Gasteiger partial charge on any atom is 0.256 e. The zero-order valence-corrected chi connectivity index (χ0v) is 13.7. The number of rotatable bonds is 1. The molecule has 1 unspecified atom stereocenters. The molecule has 4 rings (SSSR count). The highest BCUT2D eigenvalue weighted by atomic mass is 35.5. The Balaban J connectivity index is 1.73. The minimum atomic E-state index is -0.272. The molecule has 2 N–H and O–H groups in total. The smallest absolute Gasteiger partial charge is 0.256 e. The number of hydrogen-bond donors (Lipinski definition) is 2. The summed E-state index contributed by atoms with van der Waals surface area (Å²) in [6.45, 7) is 1.91. The average molecular weight is 334 g/mol. The largest absolute Gasteiger partial charge is 0.353 e. The number of fused-ring (bicyclic) bond motifs is 3. The monoisotopic (exact) mass is 333 g/mol. The molecule has 0 bridgehead atoms. The van der Waals surface area contributed by atoms with Crippen LogP contribution in [0.15, 0.2) is 24.3 Å². The summed E-state index contributed by atoms with van der Waals surface area (Å²) < 4.78 is 0. The molecule has 0 fully saturated rings. The molecule has 1 aromatic heterocycles. The van der Waals surface area contributed by atoms with E-state index in [1.165, 1.54) is 10.4 Å². The van der Waals surface area contributed by atoms with Crippen molar-refractivity contribution in [3.05, 3.63) is 50.9 Å². The van der Waals surface area contributed by atoms with Crippen LogP contribution in [0, 0.1) is 0 Å². The number of nitrogens with zero attached hydrogens (tertiary/aromatic N) is 1. The predicted molar refractivity (Wildman–Crippen MR) is 89.6 cm³/mol. The van der Waals surface area contributed by atoms with Gasteiger partial charge in [0.25, 0.3) is 5.91 Å². The summed E-state index contributed by atoms with van der Waals surface area (Å²) in [5, 5.41) is 8.10. The van der Waals surface area contributed by atoms with Crippen molar-refractivity contribution in [1.82, 2.24) is 10.2 Å². The van der Waals surface area contributed by atoms with E-state index >= 15 is 0 Å². The maximum atomic E-state index is 12.6. The predicted octanol–water partition coefficient (Wildman–Crippen LogP) is 3.24. The molecule has 2 aliphatic heterocycles. The average Bonchev–Trinajstić information content (AvgIpc) is 2.85. The van der Waals surface area contributed by atoms with Crippen molar-refractivity contribution < 1.29 is 4.79 Å². The number of anilines is 1. The number of hydrogen-bond acceptors (Lipinski definition) is 4. The van der Waals surface area contributed by atoms with E-state index in [2.05, 4.69) is 22.6 Å². The van der Waals surface area contributed by atoms with Crippen molar-refractivity contribution >= 4 is 33.8 Å². The SMILES string of the molecule is CN1CCc2c(sc3c2C(=O)NC(c2ccccc2Cl)N3)C1. The number of thiophene rings is 1. The van der Waals surface area contributed by atoms with Gasteiger partial charge in [-0.1, -0.05) is 29.8 Å². The number of carbonyl (C=O) groups is 1. The van der Waals surface area contributed by atoms with Crippen LogP contribution < -0.4 is 10.6 Å². The lowest BCUT2D eigenvalue weighted by atomic mass is 10.0. The van der Waals surface area contributed by atoms with Gasteiger partial charge in [0.05, 0.1) is 5.56 Å². The lowest BCUT2D eigenvalue weighted by Gasteiger charge is -2.27. The zero-order valence-electron chi connectivity index (χ0n) is 12.1. The van der Waals surface area contributed by atoms with E-state index in [9.17, 15) is 4.79 Å². The minimum Gasteiger partial charge on any atom is -0.353 e. The molecule has 1 amide bonds. The Hall–Kier alpha value is -1.56. The highest BCUT2D eigenvalue weighted by Crippen LogP contribution is 2.41. The minimum absolute atomic E-state index is 0.000669. The molecule has 0 spiro atoms. The van der Waals surface area contributed by atoms with E-state index in [4.69, 9.17) is 11.6 Å². The van der Waals surface area contributed by atoms with Gasteiger partial charge in [0, 0.05) is 28.6 Å². The lowest BCUT2D eigenvalue weighted by molar-refractivity contribution is 0.0935. The number of carbonyl (C=O) groups excluding carboxylic acids is 1. The fourth-order valence-corrected chi connectivity index (χ4v) is 4.71. The highest BCUT2D eigenvalue weighted by molar-refractivity contribution is 7.16.